The summed E-state index contributed by atoms with van der Waals surface area (Å²) in [5.41, 5.74) is 8.94. The summed E-state index contributed by atoms with van der Waals surface area (Å²) in [6.45, 7) is 5.11. The number of hydrogen-bond donors (Lipinski definition) is 1. The van der Waals surface area contributed by atoms with E-state index in [0.717, 1.165) is 29.7 Å². The smallest absolute Gasteiger partial charge is 0.123 e. The van der Waals surface area contributed by atoms with E-state index in [2.05, 4.69) is 17.0 Å². The van der Waals surface area contributed by atoms with Gasteiger partial charge in [0.1, 0.15) is 5.82 Å². The first-order chi connectivity index (χ1) is 7.70. The molecule has 2 aromatic rings. The van der Waals surface area contributed by atoms with Gasteiger partial charge in [0.15, 0.2) is 0 Å². The SMILES string of the molecule is CCCn1cc(-c2cnc(N)cc2C)cn1. The van der Waals surface area contributed by atoms with Crippen molar-refractivity contribution in [3.63, 3.8) is 0 Å². The van der Waals surface area contributed by atoms with Crippen LogP contribution in [-0.4, -0.2) is 14.8 Å². The van der Waals surface area contributed by atoms with Crippen molar-refractivity contribution in [3.8, 4) is 11.1 Å². The van der Waals surface area contributed by atoms with Gasteiger partial charge in [0, 0.05) is 30.1 Å². The second-order valence-corrected chi connectivity index (χ2v) is 3.92. The highest BCUT2D eigenvalue weighted by atomic mass is 15.3. The van der Waals surface area contributed by atoms with Crippen LogP contribution in [0.5, 0.6) is 0 Å². The predicted octanol–water partition coefficient (Wildman–Crippen LogP) is 2.25. The van der Waals surface area contributed by atoms with Crippen molar-refractivity contribution in [1.29, 1.82) is 0 Å². The molecule has 4 heteroatoms. The number of rotatable bonds is 3. The maximum absolute atomic E-state index is 5.63. The second kappa shape index (κ2) is 4.35. The molecule has 0 atom stereocenters. The maximum atomic E-state index is 5.63. The van der Waals surface area contributed by atoms with E-state index >= 15 is 0 Å². The Hall–Kier alpha value is -1.84. The van der Waals surface area contributed by atoms with Crippen LogP contribution in [0, 0.1) is 6.92 Å². The molecule has 2 heterocycles. The zero-order valence-corrected chi connectivity index (χ0v) is 9.64. The minimum absolute atomic E-state index is 0.558. The molecule has 0 bridgehead atoms. The fourth-order valence-electron chi connectivity index (χ4n) is 1.73. The Morgan fingerprint density at radius 3 is 2.88 bits per heavy atom. The molecule has 4 nitrogen and oxygen atoms in total. The molecule has 0 aliphatic heterocycles. The van der Waals surface area contributed by atoms with Crippen LogP contribution in [0.25, 0.3) is 11.1 Å². The molecule has 2 aromatic heterocycles. The Bertz CT molecular complexity index is 488. The summed E-state index contributed by atoms with van der Waals surface area (Å²) in [6.07, 6.45) is 6.80. The van der Waals surface area contributed by atoms with Crippen molar-refractivity contribution < 1.29 is 0 Å². The van der Waals surface area contributed by atoms with Gasteiger partial charge in [0.05, 0.1) is 6.20 Å². The monoisotopic (exact) mass is 216 g/mol. The molecule has 0 aliphatic carbocycles. The Labute approximate surface area is 95.1 Å². The van der Waals surface area contributed by atoms with Crippen molar-refractivity contribution >= 4 is 5.82 Å². The summed E-state index contributed by atoms with van der Waals surface area (Å²) in [5.74, 6) is 0.558. The third-order valence-electron chi connectivity index (χ3n) is 2.53. The zero-order chi connectivity index (χ0) is 11.5. The Balaban J connectivity index is 2.35. The van der Waals surface area contributed by atoms with Crippen molar-refractivity contribution in [2.45, 2.75) is 26.8 Å². The van der Waals surface area contributed by atoms with E-state index in [-0.39, 0.29) is 0 Å². The lowest BCUT2D eigenvalue weighted by atomic mass is 10.1. The van der Waals surface area contributed by atoms with Crippen LogP contribution in [0.15, 0.2) is 24.7 Å². The van der Waals surface area contributed by atoms with Crippen LogP contribution in [0.4, 0.5) is 5.82 Å². The summed E-state index contributed by atoms with van der Waals surface area (Å²) < 4.78 is 1.95. The van der Waals surface area contributed by atoms with Gasteiger partial charge < -0.3 is 5.73 Å². The molecule has 0 spiro atoms. The van der Waals surface area contributed by atoms with Crippen molar-refractivity contribution in [2.24, 2.45) is 0 Å². The fourth-order valence-corrected chi connectivity index (χ4v) is 1.73. The molecular weight excluding hydrogens is 200 g/mol. The lowest BCUT2D eigenvalue weighted by Crippen LogP contribution is -1.95. The molecule has 0 saturated carbocycles. The maximum Gasteiger partial charge on any atom is 0.123 e. The summed E-state index contributed by atoms with van der Waals surface area (Å²) in [6, 6.07) is 1.88. The zero-order valence-electron chi connectivity index (χ0n) is 9.64. The van der Waals surface area contributed by atoms with E-state index in [9.17, 15) is 0 Å². The number of aromatic nitrogens is 3. The van der Waals surface area contributed by atoms with E-state index in [1.165, 1.54) is 0 Å². The number of nitrogen functional groups attached to an aromatic ring is 1. The Morgan fingerprint density at radius 2 is 2.19 bits per heavy atom. The summed E-state index contributed by atoms with van der Waals surface area (Å²) >= 11 is 0. The third kappa shape index (κ3) is 2.05. The Morgan fingerprint density at radius 1 is 1.38 bits per heavy atom. The fraction of sp³-hybridized carbons (Fsp3) is 0.333. The number of nitrogens with two attached hydrogens (primary N) is 1. The molecule has 0 aromatic carbocycles. The highest BCUT2D eigenvalue weighted by molar-refractivity contribution is 5.66. The van der Waals surface area contributed by atoms with Gasteiger partial charge in [-0.1, -0.05) is 6.92 Å². The predicted molar refractivity (Wildman–Crippen MR) is 64.9 cm³/mol. The van der Waals surface area contributed by atoms with E-state index in [0.29, 0.717) is 5.82 Å². The first kappa shape index (κ1) is 10.7. The van der Waals surface area contributed by atoms with Gasteiger partial charge in [-0.3, -0.25) is 4.68 Å². The van der Waals surface area contributed by atoms with Crippen LogP contribution >= 0.6 is 0 Å². The molecular formula is C12H16N4. The normalized spacial score (nSPS) is 10.6. The summed E-state index contributed by atoms with van der Waals surface area (Å²) in [7, 11) is 0. The molecule has 0 aliphatic rings. The Kier molecular flexibility index (Phi) is 2.90. The van der Waals surface area contributed by atoms with Gasteiger partial charge in [-0.15, -0.1) is 0 Å². The first-order valence-corrected chi connectivity index (χ1v) is 5.45. The van der Waals surface area contributed by atoms with Gasteiger partial charge in [0.2, 0.25) is 0 Å². The van der Waals surface area contributed by atoms with Crippen LogP contribution in [0.3, 0.4) is 0 Å². The molecule has 0 saturated heterocycles. The van der Waals surface area contributed by atoms with E-state index < -0.39 is 0 Å². The van der Waals surface area contributed by atoms with Gasteiger partial charge in [-0.2, -0.15) is 5.10 Å². The molecule has 0 amide bonds. The molecule has 2 N–H and O–H groups in total. The lowest BCUT2D eigenvalue weighted by Gasteiger charge is -2.02. The summed E-state index contributed by atoms with van der Waals surface area (Å²) in [5, 5.41) is 4.30. The molecule has 84 valence electrons. The third-order valence-corrected chi connectivity index (χ3v) is 2.53. The minimum atomic E-state index is 0.558. The van der Waals surface area contributed by atoms with Crippen LogP contribution in [0.1, 0.15) is 18.9 Å². The topological polar surface area (TPSA) is 56.7 Å². The number of aryl methyl sites for hydroxylation is 2. The molecule has 0 radical (unpaired) electrons. The highest BCUT2D eigenvalue weighted by Crippen LogP contribution is 2.22. The van der Waals surface area contributed by atoms with Crippen LogP contribution in [0.2, 0.25) is 0 Å². The van der Waals surface area contributed by atoms with Gasteiger partial charge in [0.25, 0.3) is 0 Å². The number of anilines is 1. The standard InChI is InChI=1S/C12H16N4/c1-3-4-16-8-10(6-15-16)11-7-14-12(13)5-9(11)2/h5-8H,3-4H2,1-2H3,(H2,13,14). The van der Waals surface area contributed by atoms with Crippen LogP contribution < -0.4 is 5.73 Å². The van der Waals surface area contributed by atoms with Gasteiger partial charge in [-0.05, 0) is 25.0 Å². The summed E-state index contributed by atoms with van der Waals surface area (Å²) in [4.78, 5) is 4.11. The largest absolute Gasteiger partial charge is 0.384 e. The van der Waals surface area contributed by atoms with Crippen molar-refractivity contribution in [3.05, 3.63) is 30.2 Å². The minimum Gasteiger partial charge on any atom is -0.384 e. The molecule has 0 fully saturated rings. The lowest BCUT2D eigenvalue weighted by molar-refractivity contribution is 0.603. The van der Waals surface area contributed by atoms with E-state index in [4.69, 9.17) is 5.73 Å². The average Bonchev–Trinajstić information content (AvgIpc) is 2.67. The van der Waals surface area contributed by atoms with Crippen molar-refractivity contribution in [2.75, 3.05) is 5.73 Å². The van der Waals surface area contributed by atoms with Gasteiger partial charge in [-0.25, -0.2) is 4.98 Å². The first-order valence-electron chi connectivity index (χ1n) is 5.45. The number of pyridine rings is 1. The van der Waals surface area contributed by atoms with Crippen LogP contribution in [-0.2, 0) is 6.54 Å². The quantitative estimate of drug-likeness (QED) is 0.856. The molecule has 0 unspecified atom stereocenters. The molecule has 16 heavy (non-hydrogen) atoms. The number of hydrogen-bond acceptors (Lipinski definition) is 3. The second-order valence-electron chi connectivity index (χ2n) is 3.92. The van der Waals surface area contributed by atoms with Gasteiger partial charge >= 0.3 is 0 Å². The average molecular weight is 216 g/mol. The number of nitrogens with zero attached hydrogens (tertiary/aromatic N) is 3. The van der Waals surface area contributed by atoms with E-state index in [1.807, 2.05) is 30.1 Å². The van der Waals surface area contributed by atoms with Crippen molar-refractivity contribution in [1.82, 2.24) is 14.8 Å². The van der Waals surface area contributed by atoms with E-state index in [1.54, 1.807) is 6.20 Å². The molecule has 2 rings (SSSR count). The highest BCUT2D eigenvalue weighted by Gasteiger charge is 2.05.